The molecular formula is C14H19BrClN3OS. The number of hydrogen-bond acceptors (Lipinski definition) is 5. The Morgan fingerprint density at radius 3 is 2.86 bits per heavy atom. The number of nitrogens with one attached hydrogen (secondary N) is 1. The normalized spacial score (nSPS) is 12.0. The summed E-state index contributed by atoms with van der Waals surface area (Å²) >= 11 is 5.18. The number of rotatable bonds is 6. The number of thioether (sulfide) groups is 1. The first kappa shape index (κ1) is 18.5. The van der Waals surface area contributed by atoms with Gasteiger partial charge in [0, 0.05) is 21.8 Å². The van der Waals surface area contributed by atoms with E-state index in [2.05, 4.69) is 57.4 Å². The van der Waals surface area contributed by atoms with Crippen molar-refractivity contribution < 1.29 is 4.52 Å². The summed E-state index contributed by atoms with van der Waals surface area (Å²) in [5, 5.41) is 7.17. The molecule has 0 saturated carbocycles. The SMILES string of the molecule is CNC(C)Cc1noc(CSc2ccc(Br)cc2C)n1.Cl. The molecule has 0 bridgehead atoms. The van der Waals surface area contributed by atoms with Crippen molar-refractivity contribution in [3.63, 3.8) is 0 Å². The number of nitrogens with zero attached hydrogens (tertiary/aromatic N) is 2. The summed E-state index contributed by atoms with van der Waals surface area (Å²) in [6.07, 6.45) is 0.780. The zero-order valence-corrected chi connectivity index (χ0v) is 15.4. The van der Waals surface area contributed by atoms with Crippen molar-refractivity contribution in [1.29, 1.82) is 0 Å². The Bertz CT molecular complexity index is 579. The van der Waals surface area contributed by atoms with E-state index in [1.165, 1.54) is 10.5 Å². The van der Waals surface area contributed by atoms with E-state index < -0.39 is 0 Å². The van der Waals surface area contributed by atoms with E-state index in [4.69, 9.17) is 4.52 Å². The number of halogens is 2. The standard InChI is InChI=1S/C14H18BrN3OS.ClH/c1-9-6-11(15)4-5-12(9)20-8-14-17-13(18-19-14)7-10(2)16-3;/h4-6,10,16H,7-8H2,1-3H3;1H. The van der Waals surface area contributed by atoms with Crippen molar-refractivity contribution in [3.05, 3.63) is 40.0 Å². The molecular weight excluding hydrogens is 374 g/mol. The lowest BCUT2D eigenvalue weighted by Gasteiger charge is -2.05. The van der Waals surface area contributed by atoms with E-state index >= 15 is 0 Å². The smallest absolute Gasteiger partial charge is 0.237 e. The summed E-state index contributed by atoms with van der Waals surface area (Å²) in [6, 6.07) is 6.60. The van der Waals surface area contributed by atoms with Crippen molar-refractivity contribution in [2.24, 2.45) is 0 Å². The minimum absolute atomic E-state index is 0. The van der Waals surface area contributed by atoms with Crippen molar-refractivity contribution >= 4 is 40.1 Å². The molecule has 1 aromatic heterocycles. The highest BCUT2D eigenvalue weighted by molar-refractivity contribution is 9.10. The van der Waals surface area contributed by atoms with Gasteiger partial charge in [0.15, 0.2) is 5.82 Å². The largest absolute Gasteiger partial charge is 0.338 e. The molecule has 0 spiro atoms. The highest BCUT2D eigenvalue weighted by Gasteiger charge is 2.10. The first-order chi connectivity index (χ1) is 9.58. The number of aryl methyl sites for hydroxylation is 1. The molecule has 4 nitrogen and oxygen atoms in total. The van der Waals surface area contributed by atoms with Gasteiger partial charge in [0.05, 0.1) is 5.75 Å². The molecule has 1 N–H and O–H groups in total. The van der Waals surface area contributed by atoms with Gasteiger partial charge in [-0.2, -0.15) is 4.98 Å². The number of hydrogen-bond donors (Lipinski definition) is 1. The second-order valence-corrected chi connectivity index (χ2v) is 6.63. The summed E-state index contributed by atoms with van der Waals surface area (Å²) in [5.74, 6) is 2.13. The van der Waals surface area contributed by atoms with Crippen LogP contribution in [0.5, 0.6) is 0 Å². The van der Waals surface area contributed by atoms with E-state index in [-0.39, 0.29) is 12.4 Å². The predicted octanol–water partition coefficient (Wildman–Crippen LogP) is 4.01. The molecule has 0 radical (unpaired) electrons. The maximum atomic E-state index is 5.28. The maximum Gasteiger partial charge on any atom is 0.237 e. The Morgan fingerprint density at radius 1 is 1.43 bits per heavy atom. The first-order valence-corrected chi connectivity index (χ1v) is 8.24. The van der Waals surface area contributed by atoms with Gasteiger partial charge >= 0.3 is 0 Å². The van der Waals surface area contributed by atoms with Crippen LogP contribution in [0.1, 0.15) is 24.2 Å². The van der Waals surface area contributed by atoms with Crippen LogP contribution in [0, 0.1) is 6.92 Å². The summed E-state index contributed by atoms with van der Waals surface area (Å²) in [7, 11) is 1.93. The first-order valence-electron chi connectivity index (χ1n) is 6.46. The minimum atomic E-state index is 0. The van der Waals surface area contributed by atoms with Crippen LogP contribution < -0.4 is 5.32 Å². The molecule has 1 heterocycles. The summed E-state index contributed by atoms with van der Waals surface area (Å²) in [5.41, 5.74) is 1.24. The molecule has 0 aliphatic heterocycles. The Kier molecular flexibility index (Phi) is 7.73. The molecule has 116 valence electrons. The fraction of sp³-hybridized carbons (Fsp3) is 0.429. The van der Waals surface area contributed by atoms with Gasteiger partial charge in [-0.15, -0.1) is 24.2 Å². The van der Waals surface area contributed by atoms with E-state index in [0.717, 1.165) is 16.7 Å². The quantitative estimate of drug-likeness (QED) is 0.753. The van der Waals surface area contributed by atoms with Crippen LogP contribution in [0.25, 0.3) is 0 Å². The Morgan fingerprint density at radius 2 is 2.19 bits per heavy atom. The molecule has 2 rings (SSSR count). The third-order valence-corrected chi connectivity index (χ3v) is 4.63. The van der Waals surface area contributed by atoms with E-state index in [0.29, 0.717) is 17.7 Å². The summed E-state index contributed by atoms with van der Waals surface area (Å²) < 4.78 is 6.37. The van der Waals surface area contributed by atoms with Crippen LogP contribution in [0.3, 0.4) is 0 Å². The second kappa shape index (κ2) is 8.78. The highest BCUT2D eigenvalue weighted by Crippen LogP contribution is 2.27. The van der Waals surface area contributed by atoms with Gasteiger partial charge in [0.25, 0.3) is 0 Å². The molecule has 21 heavy (non-hydrogen) atoms. The molecule has 0 fully saturated rings. The zero-order valence-electron chi connectivity index (χ0n) is 12.2. The Balaban J connectivity index is 0.00000220. The number of aromatic nitrogens is 2. The van der Waals surface area contributed by atoms with Gasteiger partial charge in [0.2, 0.25) is 5.89 Å². The van der Waals surface area contributed by atoms with Crippen LogP contribution in [0.15, 0.2) is 32.1 Å². The van der Waals surface area contributed by atoms with Crippen molar-refractivity contribution in [2.75, 3.05) is 7.05 Å². The lowest BCUT2D eigenvalue weighted by molar-refractivity contribution is 0.382. The molecule has 1 unspecified atom stereocenters. The fourth-order valence-corrected chi connectivity index (χ4v) is 3.04. The van der Waals surface area contributed by atoms with Gasteiger partial charge in [-0.05, 0) is 44.7 Å². The van der Waals surface area contributed by atoms with Crippen LogP contribution in [-0.4, -0.2) is 23.2 Å². The molecule has 0 amide bonds. The fourth-order valence-electron chi connectivity index (χ4n) is 1.72. The van der Waals surface area contributed by atoms with Crippen molar-refractivity contribution in [3.8, 4) is 0 Å². The van der Waals surface area contributed by atoms with E-state index in [1.54, 1.807) is 11.8 Å². The molecule has 0 aliphatic carbocycles. The molecule has 0 aliphatic rings. The summed E-state index contributed by atoms with van der Waals surface area (Å²) in [4.78, 5) is 5.65. The summed E-state index contributed by atoms with van der Waals surface area (Å²) in [6.45, 7) is 4.19. The van der Waals surface area contributed by atoms with Gasteiger partial charge in [-0.25, -0.2) is 0 Å². The molecule has 0 saturated heterocycles. The van der Waals surface area contributed by atoms with Gasteiger partial charge in [-0.3, -0.25) is 0 Å². The average molecular weight is 393 g/mol. The zero-order chi connectivity index (χ0) is 14.5. The van der Waals surface area contributed by atoms with Crippen LogP contribution in [-0.2, 0) is 12.2 Å². The van der Waals surface area contributed by atoms with Crippen LogP contribution in [0.4, 0.5) is 0 Å². The highest BCUT2D eigenvalue weighted by atomic mass is 79.9. The van der Waals surface area contributed by atoms with Gasteiger partial charge in [-0.1, -0.05) is 21.1 Å². The number of benzene rings is 1. The van der Waals surface area contributed by atoms with E-state index in [9.17, 15) is 0 Å². The molecule has 1 atom stereocenters. The van der Waals surface area contributed by atoms with Crippen LogP contribution >= 0.6 is 40.1 Å². The predicted molar refractivity (Wildman–Crippen MR) is 92.2 cm³/mol. The Labute approximate surface area is 144 Å². The van der Waals surface area contributed by atoms with Gasteiger partial charge in [0.1, 0.15) is 0 Å². The van der Waals surface area contributed by atoms with Crippen LogP contribution in [0.2, 0.25) is 0 Å². The van der Waals surface area contributed by atoms with Crippen molar-refractivity contribution in [2.45, 2.75) is 37.0 Å². The lowest BCUT2D eigenvalue weighted by atomic mass is 10.2. The topological polar surface area (TPSA) is 51.0 Å². The lowest BCUT2D eigenvalue weighted by Crippen LogP contribution is -2.24. The Hall–Kier alpha value is -0.560. The maximum absolute atomic E-state index is 5.28. The van der Waals surface area contributed by atoms with Gasteiger partial charge < -0.3 is 9.84 Å². The van der Waals surface area contributed by atoms with E-state index in [1.807, 2.05) is 13.1 Å². The monoisotopic (exact) mass is 391 g/mol. The molecule has 2 aromatic rings. The molecule has 1 aromatic carbocycles. The third kappa shape index (κ3) is 5.62. The minimum Gasteiger partial charge on any atom is -0.338 e. The van der Waals surface area contributed by atoms with Crippen molar-refractivity contribution in [1.82, 2.24) is 15.5 Å². The average Bonchev–Trinajstić information content (AvgIpc) is 2.85. The third-order valence-electron chi connectivity index (χ3n) is 2.98. The molecule has 7 heteroatoms. The number of likely N-dealkylation sites (N-methyl/N-ethyl adjacent to an activating group) is 1. The second-order valence-electron chi connectivity index (χ2n) is 4.70.